The number of hydrogen-bond donors (Lipinski definition) is 1. The van der Waals surface area contributed by atoms with Crippen LogP contribution >= 0.6 is 11.6 Å². The zero-order valence-electron chi connectivity index (χ0n) is 13.6. The third kappa shape index (κ3) is 4.26. The molecule has 3 rings (SSSR count). The number of carbonyl (C=O) groups excluding carboxylic acids is 1. The lowest BCUT2D eigenvalue weighted by atomic mass is 10.2. The number of rotatable bonds is 6. The largest absolute Gasteiger partial charge is 0.450 e. The molecule has 0 spiro atoms. The van der Waals surface area contributed by atoms with Gasteiger partial charge < -0.3 is 9.47 Å². The Bertz CT molecular complexity index is 867. The highest BCUT2D eigenvalue weighted by Crippen LogP contribution is 2.24. The number of ether oxygens (including phenoxy) is 2. The number of anilines is 1. The molecule has 0 fully saturated rings. The Balaban J connectivity index is 1.74. The van der Waals surface area contributed by atoms with Crippen LogP contribution in [0, 0.1) is 0 Å². The van der Waals surface area contributed by atoms with Gasteiger partial charge in [0.2, 0.25) is 0 Å². The van der Waals surface area contributed by atoms with Crippen molar-refractivity contribution in [1.29, 1.82) is 0 Å². The zero-order chi connectivity index (χ0) is 17.6. The maximum atomic E-state index is 11.5. The highest BCUT2D eigenvalue weighted by Gasteiger charge is 2.12. The number of nitrogens with zero attached hydrogens (tertiary/aromatic N) is 3. The van der Waals surface area contributed by atoms with Gasteiger partial charge in [0.25, 0.3) is 0 Å². The van der Waals surface area contributed by atoms with Crippen LogP contribution in [0.2, 0.25) is 5.02 Å². The Morgan fingerprint density at radius 3 is 2.88 bits per heavy atom. The lowest BCUT2D eigenvalue weighted by molar-refractivity contribution is 0.0661. The molecule has 0 aliphatic heterocycles. The van der Waals surface area contributed by atoms with Gasteiger partial charge in [-0.3, -0.25) is 9.88 Å². The molecular formula is C17H17ClN4O3. The zero-order valence-corrected chi connectivity index (χ0v) is 14.4. The molecule has 130 valence electrons. The van der Waals surface area contributed by atoms with Gasteiger partial charge in [-0.05, 0) is 12.5 Å². The molecule has 7 nitrogen and oxygen atoms in total. The number of hydrogen-bond acceptors (Lipinski definition) is 5. The molecule has 25 heavy (non-hydrogen) atoms. The smallest absolute Gasteiger partial charge is 0.412 e. The van der Waals surface area contributed by atoms with Gasteiger partial charge in [-0.2, -0.15) is 0 Å². The van der Waals surface area contributed by atoms with Gasteiger partial charge in [0.1, 0.15) is 18.1 Å². The lowest BCUT2D eigenvalue weighted by Crippen LogP contribution is -2.14. The molecule has 0 aliphatic rings. The van der Waals surface area contributed by atoms with Gasteiger partial charge >= 0.3 is 6.09 Å². The second kappa shape index (κ2) is 7.96. The Labute approximate surface area is 149 Å². The minimum absolute atomic E-state index is 0.261. The van der Waals surface area contributed by atoms with Crippen LogP contribution in [-0.4, -0.2) is 27.2 Å². The summed E-state index contributed by atoms with van der Waals surface area (Å²) in [4.78, 5) is 20.2. The van der Waals surface area contributed by atoms with Crippen LogP contribution in [0.4, 0.5) is 10.6 Å². The Kier molecular flexibility index (Phi) is 5.47. The first-order valence-electron chi connectivity index (χ1n) is 7.74. The third-order valence-electron chi connectivity index (χ3n) is 3.37. The van der Waals surface area contributed by atoms with Gasteiger partial charge in [0.15, 0.2) is 5.65 Å². The topological polar surface area (TPSA) is 78.3 Å². The van der Waals surface area contributed by atoms with Gasteiger partial charge in [0, 0.05) is 6.07 Å². The molecule has 0 saturated heterocycles. The van der Waals surface area contributed by atoms with E-state index in [4.69, 9.17) is 21.1 Å². The van der Waals surface area contributed by atoms with Gasteiger partial charge in [0.05, 0.1) is 24.6 Å². The number of halogens is 1. The Hall–Kier alpha value is -2.64. The van der Waals surface area contributed by atoms with E-state index in [-0.39, 0.29) is 13.3 Å². The highest BCUT2D eigenvalue weighted by molar-refractivity contribution is 6.35. The first-order chi connectivity index (χ1) is 12.2. The molecule has 1 aromatic carbocycles. The lowest BCUT2D eigenvalue weighted by Gasteiger charge is -2.08. The SMILES string of the molecule is CCOC(=O)Nc1cc(Cl)c2ncn(COCc3ccccc3)c2n1. The Morgan fingerprint density at radius 2 is 2.12 bits per heavy atom. The van der Waals surface area contributed by atoms with E-state index in [9.17, 15) is 4.79 Å². The predicted octanol–water partition coefficient (Wildman–Crippen LogP) is 3.83. The van der Waals surface area contributed by atoms with Crippen molar-refractivity contribution in [3.63, 3.8) is 0 Å². The van der Waals surface area contributed by atoms with Crippen LogP contribution in [0.3, 0.4) is 0 Å². The van der Waals surface area contributed by atoms with Crippen molar-refractivity contribution in [3.8, 4) is 0 Å². The van der Waals surface area contributed by atoms with Crippen molar-refractivity contribution in [1.82, 2.24) is 14.5 Å². The molecule has 3 aromatic rings. The normalized spacial score (nSPS) is 10.8. The Morgan fingerprint density at radius 1 is 1.32 bits per heavy atom. The molecule has 0 bridgehead atoms. The van der Waals surface area contributed by atoms with E-state index in [2.05, 4.69) is 15.3 Å². The maximum Gasteiger partial charge on any atom is 0.412 e. The molecule has 0 radical (unpaired) electrons. The summed E-state index contributed by atoms with van der Waals surface area (Å²) in [5, 5.41) is 2.92. The summed E-state index contributed by atoms with van der Waals surface area (Å²) >= 11 is 6.22. The van der Waals surface area contributed by atoms with Crippen LogP contribution in [0.15, 0.2) is 42.7 Å². The highest BCUT2D eigenvalue weighted by atomic mass is 35.5. The van der Waals surface area contributed by atoms with Crippen LogP contribution in [0.25, 0.3) is 11.2 Å². The number of fused-ring (bicyclic) bond motifs is 1. The summed E-state index contributed by atoms with van der Waals surface area (Å²) in [6.07, 6.45) is 1.01. The fourth-order valence-electron chi connectivity index (χ4n) is 2.26. The predicted molar refractivity (Wildman–Crippen MR) is 94.4 cm³/mol. The quantitative estimate of drug-likeness (QED) is 0.722. The summed E-state index contributed by atoms with van der Waals surface area (Å²) in [6.45, 7) is 2.72. The second-order valence-electron chi connectivity index (χ2n) is 5.18. The molecule has 1 amide bonds. The molecule has 0 unspecified atom stereocenters. The monoisotopic (exact) mass is 360 g/mol. The molecule has 8 heteroatoms. The van der Waals surface area contributed by atoms with E-state index >= 15 is 0 Å². The maximum absolute atomic E-state index is 11.5. The van der Waals surface area contributed by atoms with Crippen molar-refractivity contribution in [2.24, 2.45) is 0 Å². The van der Waals surface area contributed by atoms with Crippen LogP contribution in [0.5, 0.6) is 0 Å². The molecule has 0 aliphatic carbocycles. The summed E-state index contributed by atoms with van der Waals surface area (Å²) in [6, 6.07) is 11.4. The molecule has 1 N–H and O–H groups in total. The standard InChI is InChI=1S/C17H17ClN4O3/c1-2-25-17(23)21-14-8-13(18)15-16(20-14)22(10-19-15)11-24-9-12-6-4-3-5-7-12/h3-8,10H,2,9,11H2,1H3,(H,20,21,23). The molecule has 0 saturated carbocycles. The summed E-state index contributed by atoms with van der Waals surface area (Å²) in [5.74, 6) is 0.292. The van der Waals surface area contributed by atoms with E-state index in [1.165, 1.54) is 6.07 Å². The van der Waals surface area contributed by atoms with E-state index < -0.39 is 6.09 Å². The summed E-state index contributed by atoms with van der Waals surface area (Å²) < 4.78 is 12.3. The fraction of sp³-hybridized carbons (Fsp3) is 0.235. The summed E-state index contributed by atoms with van der Waals surface area (Å²) in [5.41, 5.74) is 2.13. The number of imidazole rings is 1. The number of pyridine rings is 1. The molecule has 2 aromatic heterocycles. The van der Waals surface area contributed by atoms with Crippen LogP contribution in [0.1, 0.15) is 12.5 Å². The first-order valence-corrected chi connectivity index (χ1v) is 8.12. The third-order valence-corrected chi connectivity index (χ3v) is 3.66. The minimum Gasteiger partial charge on any atom is -0.450 e. The molecular weight excluding hydrogens is 344 g/mol. The molecule has 2 heterocycles. The van der Waals surface area contributed by atoms with Crippen molar-refractivity contribution < 1.29 is 14.3 Å². The van der Waals surface area contributed by atoms with Crippen molar-refractivity contribution in [2.75, 3.05) is 11.9 Å². The van der Waals surface area contributed by atoms with E-state index in [1.54, 1.807) is 17.8 Å². The molecule has 0 atom stereocenters. The van der Waals surface area contributed by atoms with Gasteiger partial charge in [-0.25, -0.2) is 14.8 Å². The fourth-order valence-corrected chi connectivity index (χ4v) is 2.50. The van der Waals surface area contributed by atoms with Crippen LogP contribution in [-0.2, 0) is 22.8 Å². The van der Waals surface area contributed by atoms with E-state index in [0.29, 0.717) is 28.6 Å². The van der Waals surface area contributed by atoms with Crippen LogP contribution < -0.4 is 5.32 Å². The number of carbonyl (C=O) groups is 1. The van der Waals surface area contributed by atoms with E-state index in [1.807, 2.05) is 30.3 Å². The van der Waals surface area contributed by atoms with Crippen molar-refractivity contribution in [2.45, 2.75) is 20.3 Å². The average molecular weight is 361 g/mol. The number of benzene rings is 1. The van der Waals surface area contributed by atoms with Gasteiger partial charge in [-0.1, -0.05) is 41.9 Å². The summed E-state index contributed by atoms with van der Waals surface area (Å²) in [7, 11) is 0. The van der Waals surface area contributed by atoms with Crippen molar-refractivity contribution >= 4 is 34.7 Å². The van der Waals surface area contributed by atoms with Crippen molar-refractivity contribution in [3.05, 3.63) is 53.3 Å². The average Bonchev–Trinajstić information content (AvgIpc) is 3.00. The van der Waals surface area contributed by atoms with Gasteiger partial charge in [-0.15, -0.1) is 0 Å². The first kappa shape index (κ1) is 17.2. The van der Waals surface area contributed by atoms with E-state index in [0.717, 1.165) is 5.56 Å². The number of amides is 1. The minimum atomic E-state index is -0.586. The number of nitrogens with one attached hydrogen (secondary N) is 1. The second-order valence-corrected chi connectivity index (χ2v) is 5.59. The number of aromatic nitrogens is 3.